The minimum Gasteiger partial charge on any atom is -0.228 e. The third-order valence-corrected chi connectivity index (χ3v) is 7.25. The summed E-state index contributed by atoms with van der Waals surface area (Å²) in [6.45, 7) is 12.2. The van der Waals surface area contributed by atoms with Crippen molar-refractivity contribution < 1.29 is 8.42 Å². The van der Waals surface area contributed by atoms with E-state index in [4.69, 9.17) is 0 Å². The van der Waals surface area contributed by atoms with Gasteiger partial charge in [-0.1, -0.05) is 20.8 Å². The summed E-state index contributed by atoms with van der Waals surface area (Å²) in [5.41, 5.74) is 0.316. The van der Waals surface area contributed by atoms with Crippen molar-refractivity contribution in [3.05, 3.63) is 0 Å². The maximum Gasteiger partial charge on any atom is 0.158 e. The lowest BCUT2D eigenvalue weighted by atomic mass is 9.72. The van der Waals surface area contributed by atoms with Crippen molar-refractivity contribution in [2.45, 2.75) is 77.2 Å². The standard InChI is InChI=1S/C14H28O2S/c1-13(2,3)11-7-9-12(10-8-11)17(15,16)14(4,5)6/h11-12H,7-10H2,1-6H3. The molecule has 0 aromatic heterocycles. The monoisotopic (exact) mass is 260 g/mol. The zero-order chi connectivity index (χ0) is 13.5. The fourth-order valence-corrected chi connectivity index (χ4v) is 4.63. The van der Waals surface area contributed by atoms with Gasteiger partial charge in [0.05, 0.1) is 10.00 Å². The molecule has 0 saturated heterocycles. The highest BCUT2D eigenvalue weighted by molar-refractivity contribution is 7.93. The first-order valence-corrected chi connectivity index (χ1v) is 8.24. The lowest BCUT2D eigenvalue weighted by molar-refractivity contribution is 0.180. The van der Waals surface area contributed by atoms with Crippen molar-refractivity contribution >= 4 is 9.84 Å². The van der Waals surface area contributed by atoms with Crippen LogP contribution in [-0.4, -0.2) is 18.4 Å². The smallest absolute Gasteiger partial charge is 0.158 e. The lowest BCUT2D eigenvalue weighted by Gasteiger charge is -2.38. The average molecular weight is 260 g/mol. The van der Waals surface area contributed by atoms with Crippen LogP contribution in [0.1, 0.15) is 67.2 Å². The molecule has 0 bridgehead atoms. The van der Waals surface area contributed by atoms with Gasteiger partial charge in [0.15, 0.2) is 9.84 Å². The minimum atomic E-state index is -2.97. The molecule has 0 amide bonds. The van der Waals surface area contributed by atoms with Crippen molar-refractivity contribution in [3.63, 3.8) is 0 Å². The van der Waals surface area contributed by atoms with Crippen molar-refractivity contribution in [2.75, 3.05) is 0 Å². The summed E-state index contributed by atoms with van der Waals surface area (Å²) in [7, 11) is -2.97. The Hall–Kier alpha value is -0.0500. The molecule has 102 valence electrons. The topological polar surface area (TPSA) is 34.1 Å². The van der Waals surface area contributed by atoms with Crippen molar-refractivity contribution in [3.8, 4) is 0 Å². The molecule has 2 nitrogen and oxygen atoms in total. The van der Waals surface area contributed by atoms with Crippen LogP contribution < -0.4 is 0 Å². The Morgan fingerprint density at radius 1 is 0.824 bits per heavy atom. The van der Waals surface area contributed by atoms with Gasteiger partial charge in [-0.25, -0.2) is 8.42 Å². The zero-order valence-corrected chi connectivity index (χ0v) is 13.0. The quantitative estimate of drug-likeness (QED) is 0.718. The minimum absolute atomic E-state index is 0.110. The van der Waals surface area contributed by atoms with Crippen LogP contribution in [0.5, 0.6) is 0 Å². The maximum atomic E-state index is 12.4. The molecular weight excluding hydrogens is 232 g/mol. The Labute approximate surface area is 107 Å². The molecule has 0 heterocycles. The van der Waals surface area contributed by atoms with Crippen molar-refractivity contribution in [1.29, 1.82) is 0 Å². The Kier molecular flexibility index (Phi) is 4.03. The second-order valence-corrected chi connectivity index (χ2v) is 10.5. The van der Waals surface area contributed by atoms with E-state index in [-0.39, 0.29) is 5.25 Å². The van der Waals surface area contributed by atoms with Gasteiger partial charge in [0.1, 0.15) is 0 Å². The third-order valence-electron chi connectivity index (χ3n) is 4.19. The van der Waals surface area contributed by atoms with Crippen LogP contribution in [0.25, 0.3) is 0 Å². The van der Waals surface area contributed by atoms with Gasteiger partial charge in [0.25, 0.3) is 0 Å². The molecule has 0 spiro atoms. The molecule has 0 radical (unpaired) electrons. The molecule has 1 aliphatic rings. The SMILES string of the molecule is CC(C)(C)C1CCC(S(=O)(=O)C(C)(C)C)CC1. The highest BCUT2D eigenvalue weighted by Gasteiger charge is 2.40. The van der Waals surface area contributed by atoms with Crippen molar-refractivity contribution in [2.24, 2.45) is 11.3 Å². The van der Waals surface area contributed by atoms with Gasteiger partial charge in [0.2, 0.25) is 0 Å². The predicted octanol–water partition coefficient (Wildman–Crippen LogP) is 3.80. The number of hydrogen-bond donors (Lipinski definition) is 0. The summed E-state index contributed by atoms with van der Waals surface area (Å²) in [4.78, 5) is 0. The van der Waals surface area contributed by atoms with Gasteiger partial charge in [-0.05, 0) is 57.8 Å². The fourth-order valence-electron chi connectivity index (χ4n) is 2.74. The molecule has 0 aliphatic heterocycles. The first-order chi connectivity index (χ1) is 7.46. The maximum absolute atomic E-state index is 12.4. The second-order valence-electron chi connectivity index (χ2n) is 7.50. The van der Waals surface area contributed by atoms with Crippen LogP contribution in [-0.2, 0) is 9.84 Å². The van der Waals surface area contributed by atoms with Crippen LogP contribution in [0.15, 0.2) is 0 Å². The Morgan fingerprint density at radius 3 is 1.53 bits per heavy atom. The molecule has 0 unspecified atom stereocenters. The van der Waals surface area contributed by atoms with Gasteiger partial charge < -0.3 is 0 Å². The van der Waals surface area contributed by atoms with E-state index in [1.165, 1.54) is 0 Å². The van der Waals surface area contributed by atoms with Crippen LogP contribution >= 0.6 is 0 Å². The molecule has 0 atom stereocenters. The molecule has 1 saturated carbocycles. The summed E-state index contributed by atoms with van der Waals surface area (Å²) in [6.07, 6.45) is 3.82. The number of sulfone groups is 1. The van der Waals surface area contributed by atoms with E-state index in [0.29, 0.717) is 11.3 Å². The molecule has 1 fully saturated rings. The Morgan fingerprint density at radius 2 is 1.24 bits per heavy atom. The van der Waals surface area contributed by atoms with Crippen LogP contribution in [0, 0.1) is 11.3 Å². The Bertz CT molecular complexity index is 347. The fraction of sp³-hybridized carbons (Fsp3) is 1.00. The molecule has 0 aromatic rings. The molecule has 1 rings (SSSR count). The third kappa shape index (κ3) is 3.24. The highest BCUT2D eigenvalue weighted by atomic mass is 32.2. The zero-order valence-electron chi connectivity index (χ0n) is 12.2. The van der Waals surface area contributed by atoms with E-state index in [1.54, 1.807) is 0 Å². The van der Waals surface area contributed by atoms with E-state index in [1.807, 2.05) is 20.8 Å². The highest BCUT2D eigenvalue weighted by Crippen LogP contribution is 2.41. The van der Waals surface area contributed by atoms with Gasteiger partial charge in [-0.3, -0.25) is 0 Å². The first-order valence-electron chi connectivity index (χ1n) is 6.69. The summed E-state index contributed by atoms with van der Waals surface area (Å²) < 4.78 is 24.1. The van der Waals surface area contributed by atoms with Gasteiger partial charge >= 0.3 is 0 Å². The largest absolute Gasteiger partial charge is 0.228 e. The number of hydrogen-bond acceptors (Lipinski definition) is 2. The van der Waals surface area contributed by atoms with E-state index in [0.717, 1.165) is 25.7 Å². The van der Waals surface area contributed by atoms with Crippen LogP contribution in [0.4, 0.5) is 0 Å². The average Bonchev–Trinajstić information content (AvgIpc) is 2.15. The number of rotatable bonds is 1. The molecule has 0 N–H and O–H groups in total. The van der Waals surface area contributed by atoms with E-state index >= 15 is 0 Å². The van der Waals surface area contributed by atoms with E-state index < -0.39 is 14.6 Å². The first kappa shape index (κ1) is 15.0. The van der Waals surface area contributed by atoms with E-state index in [9.17, 15) is 8.42 Å². The van der Waals surface area contributed by atoms with Crippen molar-refractivity contribution in [1.82, 2.24) is 0 Å². The Balaban J connectivity index is 2.72. The molecule has 17 heavy (non-hydrogen) atoms. The summed E-state index contributed by atoms with van der Waals surface area (Å²) in [6, 6.07) is 0. The second kappa shape index (κ2) is 4.56. The summed E-state index contributed by atoms with van der Waals surface area (Å²) in [5.74, 6) is 0.675. The molecular formula is C14H28O2S. The summed E-state index contributed by atoms with van der Waals surface area (Å²) >= 11 is 0. The van der Waals surface area contributed by atoms with Gasteiger partial charge in [-0.15, -0.1) is 0 Å². The molecule has 0 aromatic carbocycles. The normalized spacial score (nSPS) is 28.1. The van der Waals surface area contributed by atoms with Crippen LogP contribution in [0.3, 0.4) is 0 Å². The lowest BCUT2D eigenvalue weighted by Crippen LogP contribution is -2.40. The van der Waals surface area contributed by atoms with Gasteiger partial charge in [0, 0.05) is 0 Å². The van der Waals surface area contributed by atoms with Crippen LogP contribution in [0.2, 0.25) is 0 Å². The predicted molar refractivity (Wildman–Crippen MR) is 73.9 cm³/mol. The molecule has 1 aliphatic carbocycles. The van der Waals surface area contributed by atoms with Gasteiger partial charge in [-0.2, -0.15) is 0 Å². The summed E-state index contributed by atoms with van der Waals surface area (Å²) in [5, 5.41) is -0.110. The van der Waals surface area contributed by atoms with E-state index in [2.05, 4.69) is 20.8 Å². The molecule has 3 heteroatoms.